The van der Waals surface area contributed by atoms with E-state index in [0.29, 0.717) is 32.4 Å². The maximum absolute atomic E-state index is 12.4. The molecule has 2 rings (SSSR count). The Morgan fingerprint density at radius 1 is 1.11 bits per heavy atom. The highest BCUT2D eigenvalue weighted by Gasteiger charge is 2.25. The molecule has 1 aliphatic heterocycles. The van der Waals surface area contributed by atoms with Gasteiger partial charge in [-0.1, -0.05) is 36.4 Å². The third kappa shape index (κ3) is 4.36. The van der Waals surface area contributed by atoms with Crippen LogP contribution in [0.25, 0.3) is 0 Å². The van der Waals surface area contributed by atoms with E-state index in [1.165, 1.54) is 6.08 Å². The molecule has 2 nitrogen and oxygen atoms in total. The van der Waals surface area contributed by atoms with Gasteiger partial charge in [-0.3, -0.25) is 4.90 Å². The van der Waals surface area contributed by atoms with Crippen molar-refractivity contribution in [3.8, 4) is 0 Å². The molecule has 1 aliphatic rings. The number of morpholine rings is 1. The molecule has 0 bridgehead atoms. The SMILES string of the molecule is FC(F)(F)/C=C/[C@H](c1ccccc1)N1CCOCC1. The first-order valence-electron chi connectivity index (χ1n) is 6.19. The van der Waals surface area contributed by atoms with Gasteiger partial charge in [0.05, 0.1) is 19.3 Å². The third-order valence-electron chi connectivity index (χ3n) is 3.05. The highest BCUT2D eigenvalue weighted by Crippen LogP contribution is 2.26. The van der Waals surface area contributed by atoms with E-state index < -0.39 is 6.18 Å². The summed E-state index contributed by atoms with van der Waals surface area (Å²) in [7, 11) is 0. The van der Waals surface area contributed by atoms with Crippen LogP contribution in [0.4, 0.5) is 13.2 Å². The normalized spacial score (nSPS) is 19.7. The Morgan fingerprint density at radius 2 is 1.74 bits per heavy atom. The Balaban J connectivity index is 2.20. The maximum Gasteiger partial charge on any atom is 0.409 e. The van der Waals surface area contributed by atoms with E-state index in [0.717, 1.165) is 5.56 Å². The zero-order chi connectivity index (χ0) is 13.7. The van der Waals surface area contributed by atoms with E-state index in [1.807, 2.05) is 35.2 Å². The van der Waals surface area contributed by atoms with Crippen LogP contribution in [-0.2, 0) is 4.74 Å². The number of benzene rings is 1. The molecule has 0 aromatic heterocycles. The van der Waals surface area contributed by atoms with E-state index in [-0.39, 0.29) is 6.04 Å². The third-order valence-corrected chi connectivity index (χ3v) is 3.05. The molecule has 1 saturated heterocycles. The molecule has 1 atom stereocenters. The van der Waals surface area contributed by atoms with Gasteiger partial charge in [-0.15, -0.1) is 0 Å². The fourth-order valence-corrected chi connectivity index (χ4v) is 2.15. The van der Waals surface area contributed by atoms with E-state index in [1.54, 1.807) is 0 Å². The van der Waals surface area contributed by atoms with Crippen molar-refractivity contribution >= 4 is 0 Å². The van der Waals surface area contributed by atoms with Gasteiger partial charge in [-0.2, -0.15) is 13.2 Å². The molecule has 0 saturated carbocycles. The zero-order valence-electron chi connectivity index (χ0n) is 10.4. The lowest BCUT2D eigenvalue weighted by atomic mass is 10.0. The van der Waals surface area contributed by atoms with Crippen molar-refractivity contribution in [2.24, 2.45) is 0 Å². The molecule has 0 amide bonds. The van der Waals surface area contributed by atoms with Gasteiger partial charge < -0.3 is 4.74 Å². The predicted molar refractivity (Wildman–Crippen MR) is 66.8 cm³/mol. The monoisotopic (exact) mass is 271 g/mol. The highest BCUT2D eigenvalue weighted by atomic mass is 19.4. The summed E-state index contributed by atoms with van der Waals surface area (Å²) in [6.07, 6.45) is -2.74. The van der Waals surface area contributed by atoms with Crippen LogP contribution in [0.2, 0.25) is 0 Å². The Hall–Kier alpha value is -1.33. The molecule has 1 aromatic rings. The first-order chi connectivity index (χ1) is 9.06. The molecule has 104 valence electrons. The van der Waals surface area contributed by atoms with Crippen LogP contribution in [0.1, 0.15) is 11.6 Å². The van der Waals surface area contributed by atoms with Crippen LogP contribution in [0.5, 0.6) is 0 Å². The molecule has 0 unspecified atom stereocenters. The van der Waals surface area contributed by atoms with Crippen molar-refractivity contribution in [1.29, 1.82) is 0 Å². The minimum atomic E-state index is -4.28. The summed E-state index contributed by atoms with van der Waals surface area (Å²) < 4.78 is 42.3. The quantitative estimate of drug-likeness (QED) is 0.783. The molecule has 0 N–H and O–H groups in total. The summed E-state index contributed by atoms with van der Waals surface area (Å²) in [5.41, 5.74) is 0.866. The molecule has 1 aromatic carbocycles. The van der Waals surface area contributed by atoms with Crippen LogP contribution in [-0.4, -0.2) is 37.4 Å². The number of halogens is 3. The largest absolute Gasteiger partial charge is 0.409 e. The number of ether oxygens (including phenoxy) is 1. The van der Waals surface area contributed by atoms with Gasteiger partial charge in [0, 0.05) is 19.2 Å². The van der Waals surface area contributed by atoms with Crippen LogP contribution in [0.3, 0.4) is 0 Å². The summed E-state index contributed by atoms with van der Waals surface area (Å²) in [4.78, 5) is 2.00. The molecule has 0 radical (unpaired) electrons. The fraction of sp³-hybridized carbons (Fsp3) is 0.429. The molecule has 19 heavy (non-hydrogen) atoms. The molecular formula is C14H16F3NO. The smallest absolute Gasteiger partial charge is 0.379 e. The minimum absolute atomic E-state index is 0.320. The van der Waals surface area contributed by atoms with E-state index in [4.69, 9.17) is 4.74 Å². The number of allylic oxidation sites excluding steroid dienone is 1. The second-order valence-corrected chi connectivity index (χ2v) is 4.40. The fourth-order valence-electron chi connectivity index (χ4n) is 2.15. The number of hydrogen-bond donors (Lipinski definition) is 0. The Bertz CT molecular complexity index is 410. The minimum Gasteiger partial charge on any atom is -0.379 e. The Kier molecular flexibility index (Phi) is 4.61. The predicted octanol–water partition coefficient (Wildman–Crippen LogP) is 3.18. The maximum atomic E-state index is 12.4. The average Bonchev–Trinajstić information content (AvgIpc) is 2.40. The van der Waals surface area contributed by atoms with Crippen LogP contribution in [0, 0.1) is 0 Å². The number of alkyl halides is 3. The van der Waals surface area contributed by atoms with E-state index >= 15 is 0 Å². The molecule has 0 aliphatic carbocycles. The molecular weight excluding hydrogens is 255 g/mol. The Morgan fingerprint density at radius 3 is 2.32 bits per heavy atom. The summed E-state index contributed by atoms with van der Waals surface area (Å²) in [5, 5.41) is 0. The van der Waals surface area contributed by atoms with E-state index in [2.05, 4.69) is 0 Å². The average molecular weight is 271 g/mol. The van der Waals surface area contributed by atoms with Gasteiger partial charge >= 0.3 is 6.18 Å². The van der Waals surface area contributed by atoms with Crippen LogP contribution in [0.15, 0.2) is 42.5 Å². The molecule has 1 fully saturated rings. The zero-order valence-corrected chi connectivity index (χ0v) is 10.4. The van der Waals surface area contributed by atoms with Crippen molar-refractivity contribution in [3.63, 3.8) is 0 Å². The summed E-state index contributed by atoms with van der Waals surface area (Å²) in [6, 6.07) is 8.87. The van der Waals surface area contributed by atoms with Crippen molar-refractivity contribution < 1.29 is 17.9 Å². The van der Waals surface area contributed by atoms with Crippen molar-refractivity contribution in [1.82, 2.24) is 4.90 Å². The van der Waals surface area contributed by atoms with Gasteiger partial charge in [0.1, 0.15) is 0 Å². The van der Waals surface area contributed by atoms with Gasteiger partial charge in [0.25, 0.3) is 0 Å². The van der Waals surface area contributed by atoms with Gasteiger partial charge in [0.15, 0.2) is 0 Å². The number of rotatable bonds is 3. The van der Waals surface area contributed by atoms with Gasteiger partial charge in [-0.25, -0.2) is 0 Å². The standard InChI is InChI=1S/C14H16F3NO/c15-14(16,17)7-6-13(12-4-2-1-3-5-12)18-8-10-19-11-9-18/h1-7,13H,8-11H2/b7-6+/t13-/m1/s1. The van der Waals surface area contributed by atoms with Crippen molar-refractivity contribution in [3.05, 3.63) is 48.0 Å². The first kappa shape index (κ1) is 14.1. The summed E-state index contributed by atoms with van der Waals surface area (Å²) >= 11 is 0. The summed E-state index contributed by atoms with van der Waals surface area (Å²) in [6.45, 7) is 2.40. The second kappa shape index (κ2) is 6.21. The molecule has 5 heteroatoms. The molecule has 1 heterocycles. The number of nitrogens with zero attached hydrogens (tertiary/aromatic N) is 1. The lowest BCUT2D eigenvalue weighted by Gasteiger charge is -2.33. The topological polar surface area (TPSA) is 12.5 Å². The van der Waals surface area contributed by atoms with Crippen molar-refractivity contribution in [2.75, 3.05) is 26.3 Å². The lowest BCUT2D eigenvalue weighted by molar-refractivity contribution is -0.0805. The Labute approximate surface area is 110 Å². The summed E-state index contributed by atoms with van der Waals surface area (Å²) in [5.74, 6) is 0. The van der Waals surface area contributed by atoms with Gasteiger partial charge in [0.2, 0.25) is 0 Å². The highest BCUT2D eigenvalue weighted by molar-refractivity contribution is 5.23. The first-order valence-corrected chi connectivity index (χ1v) is 6.19. The second-order valence-electron chi connectivity index (χ2n) is 4.40. The lowest BCUT2D eigenvalue weighted by Crippen LogP contribution is -2.38. The van der Waals surface area contributed by atoms with Crippen LogP contribution < -0.4 is 0 Å². The van der Waals surface area contributed by atoms with E-state index in [9.17, 15) is 13.2 Å². The molecule has 0 spiro atoms. The van der Waals surface area contributed by atoms with Crippen molar-refractivity contribution in [2.45, 2.75) is 12.2 Å². The van der Waals surface area contributed by atoms with Gasteiger partial charge in [-0.05, 0) is 5.56 Å². The number of hydrogen-bond acceptors (Lipinski definition) is 2. The van der Waals surface area contributed by atoms with Crippen LogP contribution >= 0.6 is 0 Å².